The molecule has 0 bridgehead atoms. The van der Waals surface area contributed by atoms with E-state index in [1.54, 1.807) is 14.2 Å². The minimum atomic E-state index is -0.341. The van der Waals surface area contributed by atoms with Gasteiger partial charge in [-0.3, -0.25) is 4.79 Å². The van der Waals surface area contributed by atoms with Crippen LogP contribution in [0.25, 0.3) is 0 Å². The lowest BCUT2D eigenvalue weighted by Crippen LogP contribution is -2.36. The van der Waals surface area contributed by atoms with Gasteiger partial charge in [-0.1, -0.05) is 32.8 Å². The zero-order valence-corrected chi connectivity index (χ0v) is 15.6. The van der Waals surface area contributed by atoms with Gasteiger partial charge < -0.3 is 14.4 Å². The number of hydrogen-bond acceptors (Lipinski definition) is 4. The summed E-state index contributed by atoms with van der Waals surface area (Å²) < 4.78 is 10.8. The van der Waals surface area contributed by atoms with Crippen LogP contribution < -0.4 is 9.47 Å². The first-order chi connectivity index (χ1) is 11.6. The van der Waals surface area contributed by atoms with Crippen LogP contribution in [0, 0.1) is 0 Å². The molecule has 1 aliphatic carbocycles. The molecule has 0 heterocycles. The summed E-state index contributed by atoms with van der Waals surface area (Å²) >= 11 is 0. The fraction of sp³-hybridized carbons (Fsp3) is 0.650. The van der Waals surface area contributed by atoms with Crippen molar-refractivity contribution in [1.82, 2.24) is 4.90 Å². The van der Waals surface area contributed by atoms with Gasteiger partial charge in [0.1, 0.15) is 5.78 Å². The molecule has 0 N–H and O–H groups in total. The highest BCUT2D eigenvalue weighted by atomic mass is 16.5. The predicted molar refractivity (Wildman–Crippen MR) is 97.1 cm³/mol. The number of nitrogens with zero attached hydrogens (tertiary/aromatic N) is 1. The minimum absolute atomic E-state index is 0.341. The van der Waals surface area contributed by atoms with E-state index in [2.05, 4.69) is 18.7 Å². The summed E-state index contributed by atoms with van der Waals surface area (Å²) in [6.07, 6.45) is 4.74. The van der Waals surface area contributed by atoms with Crippen LogP contribution in [0.4, 0.5) is 0 Å². The van der Waals surface area contributed by atoms with Gasteiger partial charge >= 0.3 is 0 Å². The maximum Gasteiger partial charge on any atom is 0.161 e. The maximum atomic E-state index is 13.2. The Hall–Kier alpha value is -1.55. The molecule has 1 aromatic carbocycles. The molecule has 2 rings (SSSR count). The van der Waals surface area contributed by atoms with Crippen molar-refractivity contribution < 1.29 is 14.3 Å². The molecule has 1 aliphatic rings. The molecule has 0 aromatic heterocycles. The number of methoxy groups -OCH3 is 2. The molecule has 0 atom stereocenters. The first-order valence-corrected chi connectivity index (χ1v) is 9.09. The number of ketones is 1. The zero-order chi connectivity index (χ0) is 17.6. The monoisotopic (exact) mass is 333 g/mol. The molecule has 134 valence electrons. The number of Topliss-reactive ketones (excluding diaryl/α,β-unsaturated/α-hetero) is 1. The van der Waals surface area contributed by atoms with Crippen molar-refractivity contribution in [2.45, 2.75) is 51.4 Å². The van der Waals surface area contributed by atoms with Crippen LogP contribution in [0.3, 0.4) is 0 Å². The summed E-state index contributed by atoms with van der Waals surface area (Å²) in [5, 5.41) is 0. The molecule has 0 saturated heterocycles. The topological polar surface area (TPSA) is 38.8 Å². The van der Waals surface area contributed by atoms with Gasteiger partial charge in [-0.15, -0.1) is 0 Å². The lowest BCUT2D eigenvalue weighted by atomic mass is 9.74. The Morgan fingerprint density at radius 2 is 1.71 bits per heavy atom. The summed E-state index contributed by atoms with van der Waals surface area (Å²) in [4.78, 5) is 15.5. The van der Waals surface area contributed by atoms with Crippen LogP contribution in [0.2, 0.25) is 0 Å². The van der Waals surface area contributed by atoms with Crippen molar-refractivity contribution >= 4 is 5.78 Å². The fourth-order valence-electron chi connectivity index (χ4n) is 3.88. The third-order valence-corrected chi connectivity index (χ3v) is 5.48. The van der Waals surface area contributed by atoms with E-state index >= 15 is 0 Å². The average molecular weight is 333 g/mol. The van der Waals surface area contributed by atoms with E-state index in [9.17, 15) is 4.79 Å². The third kappa shape index (κ3) is 3.75. The number of ether oxygens (including phenoxy) is 2. The molecular weight excluding hydrogens is 302 g/mol. The van der Waals surface area contributed by atoms with Gasteiger partial charge in [0.25, 0.3) is 0 Å². The molecule has 0 amide bonds. The van der Waals surface area contributed by atoms with Gasteiger partial charge in [0, 0.05) is 13.0 Å². The first-order valence-electron chi connectivity index (χ1n) is 9.09. The molecule has 4 heteroatoms. The number of carbonyl (C=O) groups is 1. The highest BCUT2D eigenvalue weighted by Gasteiger charge is 2.42. The van der Waals surface area contributed by atoms with E-state index in [1.165, 1.54) is 0 Å². The van der Waals surface area contributed by atoms with Crippen molar-refractivity contribution in [3.05, 3.63) is 23.8 Å². The van der Waals surface area contributed by atoms with Gasteiger partial charge in [-0.2, -0.15) is 0 Å². The van der Waals surface area contributed by atoms with Gasteiger partial charge in [0.15, 0.2) is 11.5 Å². The zero-order valence-electron chi connectivity index (χ0n) is 15.6. The Morgan fingerprint density at radius 1 is 1.08 bits per heavy atom. The van der Waals surface area contributed by atoms with Crippen LogP contribution >= 0.6 is 0 Å². The van der Waals surface area contributed by atoms with Crippen molar-refractivity contribution in [3.63, 3.8) is 0 Å². The molecule has 1 fully saturated rings. The summed E-state index contributed by atoms with van der Waals surface area (Å²) in [6, 6.07) is 5.97. The Morgan fingerprint density at radius 3 is 2.25 bits per heavy atom. The molecule has 0 unspecified atom stereocenters. The quantitative estimate of drug-likeness (QED) is 0.689. The molecule has 0 aliphatic heterocycles. The Bertz CT molecular complexity index is 546. The molecule has 24 heavy (non-hydrogen) atoms. The molecule has 1 aromatic rings. The summed E-state index contributed by atoms with van der Waals surface area (Å²) in [5.74, 6) is 1.79. The molecule has 0 radical (unpaired) electrons. The van der Waals surface area contributed by atoms with Crippen molar-refractivity contribution in [2.75, 3.05) is 33.9 Å². The normalized spacial score (nSPS) is 16.4. The van der Waals surface area contributed by atoms with Crippen molar-refractivity contribution in [1.29, 1.82) is 0 Å². The highest BCUT2D eigenvalue weighted by Crippen LogP contribution is 2.45. The van der Waals surface area contributed by atoms with Gasteiger partial charge in [-0.25, -0.2) is 0 Å². The third-order valence-electron chi connectivity index (χ3n) is 5.48. The molecule has 0 spiro atoms. The molecule has 4 nitrogen and oxygen atoms in total. The first kappa shape index (κ1) is 18.8. The summed E-state index contributed by atoms with van der Waals surface area (Å²) in [6.45, 7) is 7.13. The second-order valence-electron chi connectivity index (χ2n) is 6.56. The summed E-state index contributed by atoms with van der Waals surface area (Å²) in [5.41, 5.74) is 0.745. The van der Waals surface area contributed by atoms with E-state index in [4.69, 9.17) is 9.47 Å². The Labute approximate surface area is 146 Å². The van der Waals surface area contributed by atoms with Crippen LogP contribution in [0.5, 0.6) is 11.5 Å². The van der Waals surface area contributed by atoms with Gasteiger partial charge in [0.2, 0.25) is 0 Å². The van der Waals surface area contributed by atoms with E-state index in [0.717, 1.165) is 50.9 Å². The number of hydrogen-bond donors (Lipinski definition) is 0. The van der Waals surface area contributed by atoms with Crippen LogP contribution in [0.15, 0.2) is 18.2 Å². The number of rotatable bonds is 9. The maximum absolute atomic E-state index is 13.2. The van der Waals surface area contributed by atoms with E-state index in [-0.39, 0.29) is 5.41 Å². The average Bonchev–Trinajstić information content (AvgIpc) is 3.12. The Kier molecular flexibility index (Phi) is 6.67. The molecular formula is C20H31NO3. The Balaban J connectivity index is 2.25. The fourth-order valence-corrected chi connectivity index (χ4v) is 3.88. The van der Waals surface area contributed by atoms with Crippen molar-refractivity contribution in [2.24, 2.45) is 0 Å². The van der Waals surface area contributed by atoms with Crippen molar-refractivity contribution in [3.8, 4) is 11.5 Å². The van der Waals surface area contributed by atoms with Gasteiger partial charge in [0.05, 0.1) is 19.6 Å². The lowest BCUT2D eigenvalue weighted by molar-refractivity contribution is -0.124. The second-order valence-corrected chi connectivity index (χ2v) is 6.56. The SMILES string of the molecule is CCN(CC)CCC(=O)C1(c2ccc(OC)c(OC)c2)CCCC1. The van der Waals surface area contributed by atoms with E-state index in [1.807, 2.05) is 18.2 Å². The van der Waals surface area contributed by atoms with Crippen LogP contribution in [-0.4, -0.2) is 44.5 Å². The smallest absolute Gasteiger partial charge is 0.161 e. The lowest BCUT2D eigenvalue weighted by Gasteiger charge is -2.30. The predicted octanol–water partition coefficient (Wildman–Crippen LogP) is 3.82. The second kappa shape index (κ2) is 8.52. The number of benzene rings is 1. The van der Waals surface area contributed by atoms with Gasteiger partial charge in [-0.05, 0) is 43.6 Å². The van der Waals surface area contributed by atoms with Crippen LogP contribution in [0.1, 0.15) is 51.5 Å². The number of carbonyl (C=O) groups excluding carboxylic acids is 1. The summed E-state index contributed by atoms with van der Waals surface area (Å²) in [7, 11) is 3.28. The van der Waals surface area contributed by atoms with E-state index in [0.29, 0.717) is 23.7 Å². The standard InChI is InChI=1S/C20H31NO3/c1-5-21(6-2)14-11-19(22)20(12-7-8-13-20)16-9-10-17(23-3)18(15-16)24-4/h9-10,15H,5-8,11-14H2,1-4H3. The molecule has 1 saturated carbocycles. The highest BCUT2D eigenvalue weighted by molar-refractivity contribution is 5.90. The van der Waals surface area contributed by atoms with E-state index < -0.39 is 0 Å². The largest absolute Gasteiger partial charge is 0.493 e. The minimum Gasteiger partial charge on any atom is -0.493 e. The van der Waals surface area contributed by atoms with Crippen LogP contribution in [-0.2, 0) is 10.2 Å².